The molecule has 0 saturated carbocycles. The van der Waals surface area contributed by atoms with Crippen LogP contribution in [0.1, 0.15) is 31.9 Å². The topological polar surface area (TPSA) is 78.3 Å². The number of rotatable bonds is 5. The zero-order valence-electron chi connectivity index (χ0n) is 10.9. The van der Waals surface area contributed by atoms with E-state index < -0.39 is 5.41 Å². The highest BCUT2D eigenvalue weighted by Crippen LogP contribution is 2.33. The zero-order chi connectivity index (χ0) is 13.9. The number of ether oxygens (including phenoxy) is 1. The number of methoxy groups -OCH3 is 1. The van der Waals surface area contributed by atoms with Gasteiger partial charge in [0.2, 0.25) is 5.91 Å². The van der Waals surface area contributed by atoms with Crippen molar-refractivity contribution in [3.05, 3.63) is 28.8 Å². The first kappa shape index (κ1) is 14.8. The van der Waals surface area contributed by atoms with Crippen molar-refractivity contribution in [1.29, 1.82) is 0 Å². The van der Waals surface area contributed by atoms with Gasteiger partial charge >= 0.3 is 0 Å². The molecule has 0 bridgehead atoms. The van der Waals surface area contributed by atoms with Crippen molar-refractivity contribution in [2.24, 2.45) is 16.9 Å². The Bertz CT molecular complexity index is 447. The van der Waals surface area contributed by atoms with Crippen molar-refractivity contribution in [3.63, 3.8) is 0 Å². The van der Waals surface area contributed by atoms with E-state index in [4.69, 9.17) is 27.8 Å². The van der Waals surface area contributed by atoms with Gasteiger partial charge in [-0.1, -0.05) is 31.5 Å². The minimum absolute atomic E-state index is 0.342. The maximum atomic E-state index is 11.3. The van der Waals surface area contributed by atoms with E-state index in [1.807, 2.05) is 6.07 Å². The molecule has 5 heteroatoms. The van der Waals surface area contributed by atoms with Crippen LogP contribution in [0.5, 0.6) is 5.75 Å². The number of nitrogens with two attached hydrogens (primary N) is 2. The lowest BCUT2D eigenvalue weighted by molar-refractivity contribution is -0.126. The predicted molar refractivity (Wildman–Crippen MR) is 72.5 cm³/mol. The van der Waals surface area contributed by atoms with Gasteiger partial charge in [0.25, 0.3) is 0 Å². The standard InChI is InChI=1S/C13H19ClN2O2/c1-13(2,12(16)17)7-11(15)9-5-4-8(18-3)6-10(9)14/h4-6,11H,7,15H2,1-3H3,(H2,16,17). The molecule has 0 saturated heterocycles. The Morgan fingerprint density at radius 1 is 1.50 bits per heavy atom. The van der Waals surface area contributed by atoms with Gasteiger partial charge in [-0.05, 0) is 24.1 Å². The fourth-order valence-electron chi connectivity index (χ4n) is 1.70. The summed E-state index contributed by atoms with van der Waals surface area (Å²) < 4.78 is 5.07. The summed E-state index contributed by atoms with van der Waals surface area (Å²) in [7, 11) is 1.57. The Morgan fingerprint density at radius 2 is 2.11 bits per heavy atom. The number of carbonyl (C=O) groups is 1. The van der Waals surface area contributed by atoms with Crippen molar-refractivity contribution in [1.82, 2.24) is 0 Å². The third-order valence-electron chi connectivity index (χ3n) is 3.00. The first-order valence-electron chi connectivity index (χ1n) is 5.67. The molecule has 0 fully saturated rings. The molecule has 1 aromatic rings. The highest BCUT2D eigenvalue weighted by atomic mass is 35.5. The summed E-state index contributed by atoms with van der Waals surface area (Å²) in [5.41, 5.74) is 11.5. The molecule has 1 unspecified atom stereocenters. The minimum atomic E-state index is -0.664. The van der Waals surface area contributed by atoms with E-state index in [1.54, 1.807) is 33.1 Å². The van der Waals surface area contributed by atoms with Crippen LogP contribution in [0.2, 0.25) is 5.02 Å². The Balaban J connectivity index is 2.91. The van der Waals surface area contributed by atoms with Crippen molar-refractivity contribution in [3.8, 4) is 5.75 Å². The lowest BCUT2D eigenvalue weighted by Gasteiger charge is -2.25. The van der Waals surface area contributed by atoms with Gasteiger partial charge in [-0.25, -0.2) is 0 Å². The lowest BCUT2D eigenvalue weighted by atomic mass is 9.83. The molecular weight excluding hydrogens is 252 g/mol. The normalized spacial score (nSPS) is 13.2. The molecule has 4 N–H and O–H groups in total. The fourth-order valence-corrected chi connectivity index (χ4v) is 2.01. The Labute approximate surface area is 112 Å². The molecule has 18 heavy (non-hydrogen) atoms. The first-order chi connectivity index (χ1) is 8.27. The van der Waals surface area contributed by atoms with E-state index in [0.717, 1.165) is 5.56 Å². The molecule has 0 radical (unpaired) electrons. The lowest BCUT2D eigenvalue weighted by Crippen LogP contribution is -2.34. The summed E-state index contributed by atoms with van der Waals surface area (Å²) in [5, 5.41) is 0.530. The summed E-state index contributed by atoms with van der Waals surface area (Å²) >= 11 is 6.14. The van der Waals surface area contributed by atoms with Crippen molar-refractivity contribution >= 4 is 17.5 Å². The SMILES string of the molecule is COc1ccc(C(N)CC(C)(C)C(N)=O)c(Cl)c1. The van der Waals surface area contributed by atoms with E-state index in [0.29, 0.717) is 17.2 Å². The summed E-state index contributed by atoms with van der Waals surface area (Å²) in [4.78, 5) is 11.3. The predicted octanol–water partition coefficient (Wildman–Crippen LogP) is 2.25. The third kappa shape index (κ3) is 3.37. The second kappa shape index (κ2) is 5.59. The van der Waals surface area contributed by atoms with Gasteiger partial charge in [-0.2, -0.15) is 0 Å². The molecule has 0 heterocycles. The largest absolute Gasteiger partial charge is 0.497 e. The van der Waals surface area contributed by atoms with Crippen molar-refractivity contribution in [2.45, 2.75) is 26.3 Å². The fraction of sp³-hybridized carbons (Fsp3) is 0.462. The van der Waals surface area contributed by atoms with E-state index in [2.05, 4.69) is 0 Å². The second-order valence-electron chi connectivity index (χ2n) is 4.95. The van der Waals surface area contributed by atoms with Gasteiger partial charge < -0.3 is 16.2 Å². The average molecular weight is 271 g/mol. The Morgan fingerprint density at radius 3 is 2.56 bits per heavy atom. The Kier molecular flexibility index (Phi) is 4.59. The Hall–Kier alpha value is -1.26. The minimum Gasteiger partial charge on any atom is -0.497 e. The zero-order valence-corrected chi connectivity index (χ0v) is 11.6. The molecular formula is C13H19ClN2O2. The van der Waals surface area contributed by atoms with Crippen LogP contribution in [0, 0.1) is 5.41 Å². The van der Waals surface area contributed by atoms with Gasteiger partial charge in [0.15, 0.2) is 0 Å². The van der Waals surface area contributed by atoms with Crippen LogP contribution in [0.3, 0.4) is 0 Å². The highest BCUT2D eigenvalue weighted by molar-refractivity contribution is 6.31. The van der Waals surface area contributed by atoms with E-state index in [9.17, 15) is 4.79 Å². The van der Waals surface area contributed by atoms with Crippen molar-refractivity contribution in [2.75, 3.05) is 7.11 Å². The number of halogens is 1. The van der Waals surface area contributed by atoms with Crippen molar-refractivity contribution < 1.29 is 9.53 Å². The van der Waals surface area contributed by atoms with Crippen LogP contribution in [-0.4, -0.2) is 13.0 Å². The molecule has 100 valence electrons. The van der Waals surface area contributed by atoms with Crippen LogP contribution in [0.25, 0.3) is 0 Å². The average Bonchev–Trinajstić information content (AvgIpc) is 2.27. The monoisotopic (exact) mass is 270 g/mol. The molecule has 1 rings (SSSR count). The molecule has 1 amide bonds. The second-order valence-corrected chi connectivity index (χ2v) is 5.35. The molecule has 0 aliphatic carbocycles. The molecule has 1 atom stereocenters. The molecule has 1 aromatic carbocycles. The molecule has 0 spiro atoms. The maximum Gasteiger partial charge on any atom is 0.223 e. The first-order valence-corrected chi connectivity index (χ1v) is 6.04. The number of primary amides is 1. The molecule has 0 aromatic heterocycles. The smallest absolute Gasteiger partial charge is 0.223 e. The molecule has 0 aliphatic rings. The van der Waals surface area contributed by atoms with Gasteiger partial charge in [0.1, 0.15) is 5.75 Å². The molecule has 0 aliphatic heterocycles. The number of amides is 1. The third-order valence-corrected chi connectivity index (χ3v) is 3.33. The quantitative estimate of drug-likeness (QED) is 0.861. The number of carbonyl (C=O) groups excluding carboxylic acids is 1. The van der Waals surface area contributed by atoms with Gasteiger partial charge in [-0.3, -0.25) is 4.79 Å². The summed E-state index contributed by atoms with van der Waals surface area (Å²) in [6.45, 7) is 3.54. The van der Waals surface area contributed by atoms with Gasteiger partial charge in [0.05, 0.1) is 7.11 Å². The van der Waals surface area contributed by atoms with Crippen LogP contribution < -0.4 is 16.2 Å². The summed E-state index contributed by atoms with van der Waals surface area (Å²) in [5.74, 6) is 0.299. The summed E-state index contributed by atoms with van der Waals surface area (Å²) in [6, 6.07) is 4.96. The van der Waals surface area contributed by atoms with Gasteiger partial charge in [-0.15, -0.1) is 0 Å². The van der Waals surface area contributed by atoms with Crippen LogP contribution >= 0.6 is 11.6 Å². The van der Waals surface area contributed by atoms with Crippen LogP contribution in [-0.2, 0) is 4.79 Å². The number of benzene rings is 1. The van der Waals surface area contributed by atoms with Crippen LogP contribution in [0.15, 0.2) is 18.2 Å². The maximum absolute atomic E-state index is 11.3. The highest BCUT2D eigenvalue weighted by Gasteiger charge is 2.28. The van der Waals surface area contributed by atoms with E-state index >= 15 is 0 Å². The molecule has 4 nitrogen and oxygen atoms in total. The van der Waals surface area contributed by atoms with Crippen LogP contribution in [0.4, 0.5) is 0 Å². The van der Waals surface area contributed by atoms with Gasteiger partial charge in [0, 0.05) is 16.5 Å². The number of hydrogen-bond donors (Lipinski definition) is 2. The van der Waals surface area contributed by atoms with E-state index in [1.165, 1.54) is 0 Å². The summed E-state index contributed by atoms with van der Waals surface area (Å²) in [6.07, 6.45) is 0.439. The van der Waals surface area contributed by atoms with E-state index in [-0.39, 0.29) is 11.9 Å². The number of hydrogen-bond acceptors (Lipinski definition) is 3.